The van der Waals surface area contributed by atoms with Gasteiger partial charge in [0.05, 0.1) is 22.6 Å². The summed E-state index contributed by atoms with van der Waals surface area (Å²) in [7, 11) is -0.384. The molecule has 4 aromatic carbocycles. The lowest BCUT2D eigenvalue weighted by Crippen LogP contribution is -2.50. The summed E-state index contributed by atoms with van der Waals surface area (Å²) in [6.07, 6.45) is 7.51. The topological polar surface area (TPSA) is 68.0 Å². The molecule has 0 spiro atoms. The molecule has 0 radical (unpaired) electrons. The Labute approximate surface area is 309 Å². The molecule has 8 rings (SSSR count). The Bertz CT molecular complexity index is 2070. The molecule has 262 valence electrons. The second-order valence-electron chi connectivity index (χ2n) is 16.2. The molecule has 3 fully saturated rings. The summed E-state index contributed by atoms with van der Waals surface area (Å²) in [5.74, 6) is 2.49. The van der Waals surface area contributed by atoms with Crippen LogP contribution in [0.1, 0.15) is 89.8 Å². The van der Waals surface area contributed by atoms with Crippen molar-refractivity contribution >= 4 is 12.6 Å². The summed E-state index contributed by atoms with van der Waals surface area (Å²) in [5, 5.41) is 10.6. The number of aromatic nitrogens is 2. The average Bonchev–Trinajstić information content (AvgIpc) is 3.40. The van der Waals surface area contributed by atoms with Crippen LogP contribution in [0.15, 0.2) is 109 Å². The number of nitrogens with zero attached hydrogens (tertiary/aromatic N) is 3. The molecule has 1 aromatic heterocycles. The monoisotopic (exact) mass is 685 g/mol. The number of fused-ring (bicyclic) bond motifs is 2. The van der Waals surface area contributed by atoms with Gasteiger partial charge >= 0.3 is 7.12 Å². The minimum Gasteiger partial charge on any atom is -0.399 e. The Balaban J connectivity index is 1.24. The van der Waals surface area contributed by atoms with Crippen LogP contribution in [0.5, 0.6) is 0 Å². The molecule has 52 heavy (non-hydrogen) atoms. The van der Waals surface area contributed by atoms with E-state index in [0.717, 1.165) is 34.5 Å². The number of benzene rings is 4. The number of rotatable bonds is 7. The first kappa shape index (κ1) is 34.5. The van der Waals surface area contributed by atoms with Crippen molar-refractivity contribution in [3.8, 4) is 40.0 Å². The van der Waals surface area contributed by atoms with Gasteiger partial charge in [0.15, 0.2) is 5.82 Å². The van der Waals surface area contributed by atoms with E-state index in [4.69, 9.17) is 19.3 Å². The predicted molar refractivity (Wildman–Crippen MR) is 210 cm³/mol. The van der Waals surface area contributed by atoms with E-state index in [0.29, 0.717) is 34.6 Å². The maximum Gasteiger partial charge on any atom is 0.494 e. The fourth-order valence-electron chi connectivity index (χ4n) is 9.53. The molecule has 2 saturated carbocycles. The van der Waals surface area contributed by atoms with Crippen LogP contribution in [-0.2, 0) is 14.7 Å². The highest BCUT2D eigenvalue weighted by atomic mass is 16.7. The van der Waals surface area contributed by atoms with Crippen LogP contribution < -0.4 is 5.46 Å². The summed E-state index contributed by atoms with van der Waals surface area (Å²) in [4.78, 5) is 10.0. The summed E-state index contributed by atoms with van der Waals surface area (Å²) >= 11 is 0. The number of nitriles is 1. The first-order valence-corrected chi connectivity index (χ1v) is 19.1. The van der Waals surface area contributed by atoms with E-state index in [1.54, 1.807) is 0 Å². The molecule has 6 heteroatoms. The van der Waals surface area contributed by atoms with E-state index in [9.17, 15) is 5.26 Å². The Kier molecular flexibility index (Phi) is 8.93. The van der Waals surface area contributed by atoms with E-state index >= 15 is 0 Å². The lowest BCUT2D eigenvalue weighted by Gasteiger charge is -2.55. The first-order chi connectivity index (χ1) is 25.1. The van der Waals surface area contributed by atoms with Crippen LogP contribution in [0.25, 0.3) is 33.9 Å². The van der Waals surface area contributed by atoms with Crippen LogP contribution in [0, 0.1) is 29.1 Å². The molecule has 0 amide bonds. The van der Waals surface area contributed by atoms with Gasteiger partial charge in [-0.3, -0.25) is 0 Å². The van der Waals surface area contributed by atoms with Crippen molar-refractivity contribution < 1.29 is 9.31 Å². The molecule has 2 heterocycles. The third kappa shape index (κ3) is 5.79. The van der Waals surface area contributed by atoms with E-state index in [2.05, 4.69) is 89.2 Å². The Morgan fingerprint density at radius 2 is 1.23 bits per heavy atom. The first-order valence-electron chi connectivity index (χ1n) is 19.1. The molecule has 5 aromatic rings. The number of hydrogen-bond donors (Lipinski definition) is 0. The van der Waals surface area contributed by atoms with Gasteiger partial charge in [0, 0.05) is 22.1 Å². The van der Waals surface area contributed by atoms with Gasteiger partial charge in [0.1, 0.15) is 11.6 Å². The molecule has 2 aliphatic carbocycles. The molecular weight excluding hydrogens is 637 g/mol. The normalized spacial score (nSPS) is 24.7. The summed E-state index contributed by atoms with van der Waals surface area (Å²) < 4.78 is 12.9. The van der Waals surface area contributed by atoms with Crippen molar-refractivity contribution in [2.24, 2.45) is 17.8 Å². The third-order valence-corrected chi connectivity index (χ3v) is 12.8. The second kappa shape index (κ2) is 13.4. The largest absolute Gasteiger partial charge is 0.494 e. The maximum absolute atomic E-state index is 10.6. The number of hydrogen-bond acceptors (Lipinski definition) is 5. The van der Waals surface area contributed by atoms with Crippen LogP contribution in [0.2, 0.25) is 0 Å². The molecule has 4 unspecified atom stereocenters. The molecule has 5 nitrogen and oxygen atoms in total. The lowest BCUT2D eigenvalue weighted by atomic mass is 9.48. The van der Waals surface area contributed by atoms with Crippen LogP contribution in [0.3, 0.4) is 0 Å². The lowest BCUT2D eigenvalue weighted by molar-refractivity contribution is 0.00578. The van der Waals surface area contributed by atoms with Crippen molar-refractivity contribution in [2.45, 2.75) is 89.8 Å². The molecule has 1 aliphatic heterocycles. The maximum atomic E-state index is 10.6. The minimum absolute atomic E-state index is 0.118. The Hall–Kier alpha value is -4.57. The van der Waals surface area contributed by atoms with Gasteiger partial charge < -0.3 is 9.31 Å². The van der Waals surface area contributed by atoms with Gasteiger partial charge in [-0.25, -0.2) is 9.97 Å². The standard InChI is InChI=1S/C46H48BN3O2/c1-6-35-28-31-14-13-19-38(29-31)46(35,37-24-26-39(27-25-37)47-51-44(2,3)45(4,5)52-47)36-22-20-33(21-23-36)42-40(30-48)41(32-15-9-7-10-16-32)49-43(50-42)34-17-11-8-12-18-34/h7-12,15-18,20-27,31,35,38H,6,13-14,19,28-29H2,1-5H3. The molecule has 4 atom stereocenters. The highest BCUT2D eigenvalue weighted by molar-refractivity contribution is 6.62. The van der Waals surface area contributed by atoms with Crippen LogP contribution in [-0.4, -0.2) is 28.3 Å². The fraction of sp³-hybridized carbons (Fsp3) is 0.370. The van der Waals surface area contributed by atoms with Gasteiger partial charge in [-0.1, -0.05) is 135 Å². The van der Waals surface area contributed by atoms with E-state index < -0.39 is 0 Å². The van der Waals surface area contributed by atoms with E-state index in [1.807, 2.05) is 60.7 Å². The zero-order chi connectivity index (χ0) is 36.1. The van der Waals surface area contributed by atoms with Crippen molar-refractivity contribution in [3.63, 3.8) is 0 Å². The van der Waals surface area contributed by atoms with Gasteiger partial charge in [-0.15, -0.1) is 0 Å². The Morgan fingerprint density at radius 3 is 1.79 bits per heavy atom. The SMILES string of the molecule is CCC1CC2CCCC(C2)C1(c1ccc(B2OC(C)(C)C(C)(C)O2)cc1)c1ccc(-c2nc(-c3ccccc3)nc(-c3ccccc3)c2C#N)cc1. The summed E-state index contributed by atoms with van der Waals surface area (Å²) in [5.41, 5.74) is 7.48. The zero-order valence-electron chi connectivity index (χ0n) is 31.1. The molecule has 2 bridgehead atoms. The van der Waals surface area contributed by atoms with E-state index in [1.165, 1.54) is 43.2 Å². The van der Waals surface area contributed by atoms with Gasteiger partial charge in [-0.05, 0) is 81.3 Å². The summed E-state index contributed by atoms with van der Waals surface area (Å²) in [6.45, 7) is 10.8. The highest BCUT2D eigenvalue weighted by Crippen LogP contribution is 2.59. The van der Waals surface area contributed by atoms with Gasteiger partial charge in [0.25, 0.3) is 0 Å². The third-order valence-electron chi connectivity index (χ3n) is 12.8. The van der Waals surface area contributed by atoms with E-state index in [-0.39, 0.29) is 23.7 Å². The molecule has 1 saturated heterocycles. The molecule has 0 N–H and O–H groups in total. The van der Waals surface area contributed by atoms with Gasteiger partial charge in [-0.2, -0.15) is 5.26 Å². The summed E-state index contributed by atoms with van der Waals surface area (Å²) in [6, 6.07) is 40.8. The van der Waals surface area contributed by atoms with Crippen molar-refractivity contribution in [3.05, 3.63) is 126 Å². The Morgan fingerprint density at radius 1 is 0.692 bits per heavy atom. The second-order valence-corrected chi connectivity index (χ2v) is 16.2. The predicted octanol–water partition coefficient (Wildman–Crippen LogP) is 10.2. The fourth-order valence-corrected chi connectivity index (χ4v) is 9.53. The van der Waals surface area contributed by atoms with Crippen molar-refractivity contribution in [1.29, 1.82) is 5.26 Å². The van der Waals surface area contributed by atoms with Crippen molar-refractivity contribution in [1.82, 2.24) is 9.97 Å². The van der Waals surface area contributed by atoms with Crippen LogP contribution >= 0.6 is 0 Å². The highest BCUT2D eigenvalue weighted by Gasteiger charge is 2.54. The van der Waals surface area contributed by atoms with Crippen LogP contribution in [0.4, 0.5) is 0 Å². The average molecular weight is 686 g/mol. The molecule has 3 aliphatic rings. The minimum atomic E-state index is -0.384. The zero-order valence-corrected chi connectivity index (χ0v) is 31.1. The smallest absolute Gasteiger partial charge is 0.399 e. The molecular formula is C46H48BN3O2. The quantitative estimate of drug-likeness (QED) is 0.160. The van der Waals surface area contributed by atoms with Crippen molar-refractivity contribution in [2.75, 3.05) is 0 Å². The van der Waals surface area contributed by atoms with Gasteiger partial charge in [0.2, 0.25) is 0 Å².